The number of aliphatic hydroxyl groups excluding tert-OH is 1. The molecule has 6 nitrogen and oxygen atoms in total. The molecule has 1 aliphatic carbocycles. The maximum Gasteiger partial charge on any atom is 0.317 e. The number of hydrogen-bond acceptors (Lipinski definition) is 4. The van der Waals surface area contributed by atoms with Crippen molar-refractivity contribution in [2.45, 2.75) is 44.9 Å². The fourth-order valence-corrected chi connectivity index (χ4v) is 3.98. The summed E-state index contributed by atoms with van der Waals surface area (Å²) in [5.74, 6) is 0.805. The number of methoxy groups -OCH3 is 1. The van der Waals surface area contributed by atoms with Gasteiger partial charge in [0.15, 0.2) is 0 Å². The number of carbonyl (C=O) groups excluding carboxylic acids is 1. The Balaban J connectivity index is 1.48. The molecule has 3 rings (SSSR count). The minimum atomic E-state index is -0.298. The second-order valence-electron chi connectivity index (χ2n) is 6.92. The Morgan fingerprint density at radius 3 is 2.56 bits per heavy atom. The van der Waals surface area contributed by atoms with Crippen molar-refractivity contribution in [1.82, 2.24) is 10.2 Å². The Bertz CT molecular complexity index is 580. The van der Waals surface area contributed by atoms with Gasteiger partial charge >= 0.3 is 6.03 Å². The zero-order chi connectivity index (χ0) is 17.9. The zero-order valence-electron chi connectivity index (χ0n) is 15.0. The molecule has 1 spiro atoms. The molecule has 1 aromatic rings. The molecule has 0 radical (unpaired) electrons. The molecule has 6 heteroatoms. The second-order valence-corrected chi connectivity index (χ2v) is 6.92. The van der Waals surface area contributed by atoms with Crippen molar-refractivity contribution >= 4 is 6.03 Å². The summed E-state index contributed by atoms with van der Waals surface area (Å²) in [5.41, 5.74) is 0.886. The average Bonchev–Trinajstić information content (AvgIpc) is 2.66. The normalized spacial score (nSPS) is 24.7. The van der Waals surface area contributed by atoms with Crippen LogP contribution in [0.5, 0.6) is 5.75 Å². The maximum absolute atomic E-state index is 12.4. The molecule has 0 unspecified atom stereocenters. The van der Waals surface area contributed by atoms with Gasteiger partial charge in [0.2, 0.25) is 0 Å². The highest BCUT2D eigenvalue weighted by atomic mass is 16.5. The molecule has 2 amide bonds. The van der Waals surface area contributed by atoms with Gasteiger partial charge in [0.25, 0.3) is 0 Å². The Morgan fingerprint density at radius 1 is 1.32 bits per heavy atom. The molecule has 25 heavy (non-hydrogen) atoms. The molecule has 2 fully saturated rings. The lowest BCUT2D eigenvalue weighted by atomic mass is 9.58. The van der Waals surface area contributed by atoms with Crippen LogP contribution in [-0.2, 0) is 11.3 Å². The van der Waals surface area contributed by atoms with E-state index in [1.165, 1.54) is 0 Å². The molecule has 1 aromatic carbocycles. The molecule has 0 bridgehead atoms. The van der Waals surface area contributed by atoms with Crippen LogP contribution in [0.25, 0.3) is 0 Å². The van der Waals surface area contributed by atoms with E-state index in [2.05, 4.69) is 5.32 Å². The molecule has 1 aliphatic heterocycles. The lowest BCUT2D eigenvalue weighted by Crippen LogP contribution is -2.63. The standard InChI is InChI=1S/C19H28N2O4/c1-3-25-17-12-16(22)19(17)8-10-21(11-9-19)18(23)20-13-14-4-6-15(24-2)7-5-14/h4-7,16-17,22H,3,8-13H2,1-2H3,(H,20,23)/t16-,17+/m0/s1. The number of benzene rings is 1. The lowest BCUT2D eigenvalue weighted by Gasteiger charge is -2.56. The third-order valence-electron chi connectivity index (χ3n) is 5.69. The largest absolute Gasteiger partial charge is 0.497 e. The molecule has 2 atom stereocenters. The third kappa shape index (κ3) is 3.60. The van der Waals surface area contributed by atoms with Gasteiger partial charge in [0.1, 0.15) is 5.75 Å². The first-order valence-electron chi connectivity index (χ1n) is 9.04. The number of carbonyl (C=O) groups is 1. The van der Waals surface area contributed by atoms with Crippen molar-refractivity contribution in [3.63, 3.8) is 0 Å². The van der Waals surface area contributed by atoms with Crippen LogP contribution >= 0.6 is 0 Å². The summed E-state index contributed by atoms with van der Waals surface area (Å²) < 4.78 is 10.9. The average molecular weight is 348 g/mol. The number of nitrogens with zero attached hydrogens (tertiary/aromatic N) is 1. The number of nitrogens with one attached hydrogen (secondary N) is 1. The first-order chi connectivity index (χ1) is 12.1. The van der Waals surface area contributed by atoms with Crippen LogP contribution in [0.1, 0.15) is 31.7 Å². The summed E-state index contributed by atoms with van der Waals surface area (Å²) in [6.45, 7) is 4.48. The van der Waals surface area contributed by atoms with Crippen molar-refractivity contribution in [2.24, 2.45) is 5.41 Å². The van der Waals surface area contributed by atoms with Crippen LogP contribution in [-0.4, -0.2) is 55.1 Å². The predicted molar refractivity (Wildman–Crippen MR) is 94.5 cm³/mol. The molecular formula is C19H28N2O4. The molecule has 1 saturated heterocycles. The van der Waals surface area contributed by atoms with Crippen molar-refractivity contribution in [3.05, 3.63) is 29.8 Å². The van der Waals surface area contributed by atoms with Gasteiger partial charge in [0, 0.05) is 38.1 Å². The summed E-state index contributed by atoms with van der Waals surface area (Å²) in [6, 6.07) is 7.62. The Morgan fingerprint density at radius 2 is 2.00 bits per heavy atom. The summed E-state index contributed by atoms with van der Waals surface area (Å²) in [7, 11) is 1.63. The Labute approximate surface area is 149 Å². The third-order valence-corrected chi connectivity index (χ3v) is 5.69. The van der Waals surface area contributed by atoms with E-state index in [-0.39, 0.29) is 23.7 Å². The fourth-order valence-electron chi connectivity index (χ4n) is 3.98. The highest BCUT2D eigenvalue weighted by Gasteiger charge is 2.56. The number of urea groups is 1. The summed E-state index contributed by atoms with van der Waals surface area (Å²) in [4.78, 5) is 14.2. The molecule has 1 saturated carbocycles. The first-order valence-corrected chi connectivity index (χ1v) is 9.04. The van der Waals surface area contributed by atoms with Crippen LogP contribution in [0.4, 0.5) is 4.79 Å². The van der Waals surface area contributed by atoms with Gasteiger partial charge in [-0.15, -0.1) is 0 Å². The van der Waals surface area contributed by atoms with Gasteiger partial charge in [0.05, 0.1) is 19.3 Å². The highest BCUT2D eigenvalue weighted by molar-refractivity contribution is 5.74. The topological polar surface area (TPSA) is 71.0 Å². The van der Waals surface area contributed by atoms with E-state index in [9.17, 15) is 9.90 Å². The van der Waals surface area contributed by atoms with E-state index in [0.717, 1.165) is 30.6 Å². The van der Waals surface area contributed by atoms with Crippen molar-refractivity contribution < 1.29 is 19.4 Å². The Hall–Kier alpha value is -1.79. The molecule has 2 aliphatic rings. The number of ether oxygens (including phenoxy) is 2. The number of rotatable bonds is 5. The van der Waals surface area contributed by atoms with Crippen LogP contribution in [0.2, 0.25) is 0 Å². The summed E-state index contributed by atoms with van der Waals surface area (Å²) in [5, 5.41) is 13.2. The quantitative estimate of drug-likeness (QED) is 0.855. The number of amides is 2. The van der Waals surface area contributed by atoms with Crippen molar-refractivity contribution in [2.75, 3.05) is 26.8 Å². The smallest absolute Gasteiger partial charge is 0.317 e. The monoisotopic (exact) mass is 348 g/mol. The van der Waals surface area contributed by atoms with Crippen LogP contribution in [0, 0.1) is 5.41 Å². The van der Waals surface area contributed by atoms with E-state index >= 15 is 0 Å². The number of aliphatic hydroxyl groups is 1. The SMILES string of the molecule is CCO[C@@H]1C[C@H](O)C12CCN(C(=O)NCc1ccc(OC)cc1)CC2. The van der Waals surface area contributed by atoms with E-state index in [4.69, 9.17) is 9.47 Å². The maximum atomic E-state index is 12.4. The number of piperidine rings is 1. The first kappa shape index (κ1) is 18.0. The van der Waals surface area contributed by atoms with Crippen LogP contribution < -0.4 is 10.1 Å². The predicted octanol–water partition coefficient (Wildman–Crippen LogP) is 2.16. The fraction of sp³-hybridized carbons (Fsp3) is 0.632. The van der Waals surface area contributed by atoms with Gasteiger partial charge in [-0.3, -0.25) is 0 Å². The molecule has 0 aromatic heterocycles. The van der Waals surface area contributed by atoms with Crippen LogP contribution in [0.15, 0.2) is 24.3 Å². The molecule has 1 heterocycles. The Kier molecular flexibility index (Phi) is 5.49. The number of hydrogen-bond donors (Lipinski definition) is 2. The van der Waals surface area contributed by atoms with Gasteiger partial charge in [-0.2, -0.15) is 0 Å². The number of likely N-dealkylation sites (tertiary alicyclic amines) is 1. The van der Waals surface area contributed by atoms with E-state index in [1.807, 2.05) is 36.1 Å². The van der Waals surface area contributed by atoms with Crippen molar-refractivity contribution in [1.29, 1.82) is 0 Å². The van der Waals surface area contributed by atoms with Crippen LogP contribution in [0.3, 0.4) is 0 Å². The van der Waals surface area contributed by atoms with E-state index < -0.39 is 0 Å². The molecule has 138 valence electrons. The van der Waals surface area contributed by atoms with E-state index in [1.54, 1.807) is 7.11 Å². The zero-order valence-corrected chi connectivity index (χ0v) is 15.0. The van der Waals surface area contributed by atoms with Gasteiger partial charge in [-0.1, -0.05) is 12.1 Å². The van der Waals surface area contributed by atoms with Gasteiger partial charge < -0.3 is 24.8 Å². The van der Waals surface area contributed by atoms with Gasteiger partial charge in [-0.25, -0.2) is 4.79 Å². The molecule has 2 N–H and O–H groups in total. The van der Waals surface area contributed by atoms with Crippen molar-refractivity contribution in [3.8, 4) is 5.75 Å². The molecular weight excluding hydrogens is 320 g/mol. The summed E-state index contributed by atoms with van der Waals surface area (Å²) in [6.07, 6.45) is 2.16. The lowest BCUT2D eigenvalue weighted by molar-refractivity contribution is -0.207. The highest BCUT2D eigenvalue weighted by Crippen LogP contribution is 2.50. The van der Waals surface area contributed by atoms with E-state index in [0.29, 0.717) is 26.2 Å². The van der Waals surface area contributed by atoms with Gasteiger partial charge in [-0.05, 0) is 37.5 Å². The minimum absolute atomic E-state index is 0.0487. The minimum Gasteiger partial charge on any atom is -0.497 e. The summed E-state index contributed by atoms with van der Waals surface area (Å²) >= 11 is 0. The second kappa shape index (κ2) is 7.62.